The van der Waals surface area contributed by atoms with Gasteiger partial charge in [-0.3, -0.25) is 9.59 Å². The first-order valence-corrected chi connectivity index (χ1v) is 9.27. The lowest BCUT2D eigenvalue weighted by molar-refractivity contribution is -0.141. The summed E-state index contributed by atoms with van der Waals surface area (Å²) in [4.78, 5) is 27.6. The van der Waals surface area contributed by atoms with E-state index >= 15 is 0 Å². The van der Waals surface area contributed by atoms with Gasteiger partial charge in [0.2, 0.25) is 11.8 Å². The summed E-state index contributed by atoms with van der Waals surface area (Å²) in [5, 5.41) is 3.68. The summed E-state index contributed by atoms with van der Waals surface area (Å²) in [6, 6.07) is 7.70. The fourth-order valence-electron chi connectivity index (χ4n) is 4.59. The SMILES string of the molecule is O=C1NCCCC12CCN(C(=O)C1(c3ccc(Cl)cc3)CCC1)C2. The van der Waals surface area contributed by atoms with Gasteiger partial charge in [-0.1, -0.05) is 30.2 Å². The minimum Gasteiger partial charge on any atom is -0.356 e. The number of nitrogens with zero attached hydrogens (tertiary/aromatic N) is 1. The van der Waals surface area contributed by atoms with Crippen molar-refractivity contribution in [3.63, 3.8) is 0 Å². The van der Waals surface area contributed by atoms with Crippen LogP contribution < -0.4 is 5.32 Å². The van der Waals surface area contributed by atoms with E-state index in [1.807, 2.05) is 29.2 Å². The topological polar surface area (TPSA) is 49.4 Å². The van der Waals surface area contributed by atoms with Crippen LogP contribution in [0.4, 0.5) is 0 Å². The predicted molar refractivity (Wildman–Crippen MR) is 92.9 cm³/mol. The normalized spacial score (nSPS) is 28.5. The second kappa shape index (κ2) is 5.76. The molecule has 1 atom stereocenters. The summed E-state index contributed by atoms with van der Waals surface area (Å²) < 4.78 is 0. The Morgan fingerprint density at radius 3 is 2.46 bits per heavy atom. The number of benzene rings is 1. The molecule has 0 aromatic heterocycles. The van der Waals surface area contributed by atoms with Crippen LogP contribution in [0.15, 0.2) is 24.3 Å². The van der Waals surface area contributed by atoms with E-state index in [2.05, 4.69) is 5.32 Å². The van der Waals surface area contributed by atoms with Crippen molar-refractivity contribution in [2.24, 2.45) is 5.41 Å². The van der Waals surface area contributed by atoms with Crippen LogP contribution >= 0.6 is 11.6 Å². The summed E-state index contributed by atoms with van der Waals surface area (Å²) in [7, 11) is 0. The van der Waals surface area contributed by atoms with Crippen molar-refractivity contribution >= 4 is 23.4 Å². The van der Waals surface area contributed by atoms with E-state index in [1.165, 1.54) is 0 Å². The Morgan fingerprint density at radius 1 is 1.08 bits per heavy atom. The van der Waals surface area contributed by atoms with Gasteiger partial charge in [0.1, 0.15) is 0 Å². The lowest BCUT2D eigenvalue weighted by Gasteiger charge is -2.43. The second-order valence-corrected chi connectivity index (χ2v) is 8.00. The van der Waals surface area contributed by atoms with E-state index in [9.17, 15) is 9.59 Å². The number of carbonyl (C=O) groups excluding carboxylic acids is 2. The summed E-state index contributed by atoms with van der Waals surface area (Å²) in [6.45, 7) is 2.04. The maximum atomic E-state index is 13.3. The Balaban J connectivity index is 1.57. The molecule has 2 amide bonds. The number of piperidine rings is 1. The number of likely N-dealkylation sites (tertiary alicyclic amines) is 1. The van der Waals surface area contributed by atoms with Crippen LogP contribution in [0.5, 0.6) is 0 Å². The van der Waals surface area contributed by atoms with Crippen LogP contribution in [0.3, 0.4) is 0 Å². The smallest absolute Gasteiger partial charge is 0.233 e. The van der Waals surface area contributed by atoms with Crippen molar-refractivity contribution in [3.8, 4) is 0 Å². The predicted octanol–water partition coefficient (Wildman–Crippen LogP) is 2.89. The van der Waals surface area contributed by atoms with Crippen molar-refractivity contribution < 1.29 is 9.59 Å². The molecule has 3 aliphatic rings. The van der Waals surface area contributed by atoms with Gasteiger partial charge in [-0.25, -0.2) is 0 Å². The summed E-state index contributed by atoms with van der Waals surface area (Å²) in [5.41, 5.74) is 0.317. The number of nitrogens with one attached hydrogen (secondary N) is 1. The molecule has 1 unspecified atom stereocenters. The third-order valence-electron chi connectivity index (χ3n) is 6.25. The molecule has 0 radical (unpaired) electrons. The van der Waals surface area contributed by atoms with E-state index in [-0.39, 0.29) is 17.2 Å². The molecule has 1 aliphatic carbocycles. The highest BCUT2D eigenvalue weighted by atomic mass is 35.5. The monoisotopic (exact) mass is 346 g/mol. The third kappa shape index (κ3) is 2.34. The molecular formula is C19H23ClN2O2. The molecule has 3 fully saturated rings. The quantitative estimate of drug-likeness (QED) is 0.895. The fourth-order valence-corrected chi connectivity index (χ4v) is 4.72. The van der Waals surface area contributed by atoms with Gasteiger partial charge in [-0.2, -0.15) is 0 Å². The van der Waals surface area contributed by atoms with Gasteiger partial charge in [0.15, 0.2) is 0 Å². The minimum atomic E-state index is -0.402. The van der Waals surface area contributed by atoms with Gasteiger partial charge in [0, 0.05) is 24.7 Å². The van der Waals surface area contributed by atoms with Crippen molar-refractivity contribution in [2.45, 2.75) is 43.9 Å². The number of rotatable bonds is 2. The van der Waals surface area contributed by atoms with Gasteiger partial charge in [0.05, 0.1) is 10.8 Å². The van der Waals surface area contributed by atoms with E-state index in [1.54, 1.807) is 0 Å². The number of halogens is 1. The van der Waals surface area contributed by atoms with Crippen molar-refractivity contribution in [1.82, 2.24) is 10.2 Å². The lowest BCUT2D eigenvalue weighted by atomic mass is 9.63. The van der Waals surface area contributed by atoms with E-state index in [4.69, 9.17) is 11.6 Å². The van der Waals surface area contributed by atoms with Crippen molar-refractivity contribution in [3.05, 3.63) is 34.9 Å². The first-order chi connectivity index (χ1) is 11.6. The molecule has 1 spiro atoms. The molecule has 2 aliphatic heterocycles. The molecule has 1 N–H and O–H groups in total. The van der Waals surface area contributed by atoms with Crippen LogP contribution in [0.2, 0.25) is 5.02 Å². The van der Waals surface area contributed by atoms with Crippen LogP contribution in [-0.2, 0) is 15.0 Å². The molecule has 2 heterocycles. The van der Waals surface area contributed by atoms with Gasteiger partial charge >= 0.3 is 0 Å². The molecule has 24 heavy (non-hydrogen) atoms. The molecule has 1 aromatic carbocycles. The first-order valence-electron chi connectivity index (χ1n) is 8.90. The number of hydrogen-bond acceptors (Lipinski definition) is 2. The molecule has 1 aromatic rings. The minimum absolute atomic E-state index is 0.137. The molecule has 4 rings (SSSR count). The molecule has 2 saturated heterocycles. The molecular weight excluding hydrogens is 324 g/mol. The van der Waals surface area contributed by atoms with Crippen LogP contribution in [-0.4, -0.2) is 36.3 Å². The van der Waals surface area contributed by atoms with Crippen LogP contribution in [0.25, 0.3) is 0 Å². The highest BCUT2D eigenvalue weighted by Gasteiger charge is 2.53. The van der Waals surface area contributed by atoms with Gasteiger partial charge in [-0.05, 0) is 49.8 Å². The van der Waals surface area contributed by atoms with Crippen LogP contribution in [0, 0.1) is 5.41 Å². The Morgan fingerprint density at radius 2 is 1.83 bits per heavy atom. The first kappa shape index (κ1) is 15.9. The maximum absolute atomic E-state index is 13.3. The zero-order valence-corrected chi connectivity index (χ0v) is 14.6. The highest BCUT2D eigenvalue weighted by molar-refractivity contribution is 6.30. The number of amides is 2. The van der Waals surface area contributed by atoms with Gasteiger partial charge in [0.25, 0.3) is 0 Å². The Kier molecular flexibility index (Phi) is 3.83. The fraction of sp³-hybridized carbons (Fsp3) is 0.579. The average Bonchev–Trinajstić information content (AvgIpc) is 2.96. The second-order valence-electron chi connectivity index (χ2n) is 7.56. The molecule has 5 heteroatoms. The Hall–Kier alpha value is -1.55. The largest absolute Gasteiger partial charge is 0.356 e. The van der Waals surface area contributed by atoms with Crippen molar-refractivity contribution in [1.29, 1.82) is 0 Å². The maximum Gasteiger partial charge on any atom is 0.233 e. The summed E-state index contributed by atoms with van der Waals surface area (Å²) >= 11 is 6.00. The Labute approximate surface area is 147 Å². The highest BCUT2D eigenvalue weighted by Crippen LogP contribution is 2.47. The van der Waals surface area contributed by atoms with Gasteiger partial charge in [-0.15, -0.1) is 0 Å². The Bertz CT molecular complexity index is 668. The third-order valence-corrected chi connectivity index (χ3v) is 6.51. The number of carbonyl (C=O) groups is 2. The lowest BCUT2D eigenvalue weighted by Crippen LogP contribution is -2.52. The van der Waals surface area contributed by atoms with Gasteiger partial charge < -0.3 is 10.2 Å². The van der Waals surface area contributed by atoms with Crippen molar-refractivity contribution in [2.75, 3.05) is 19.6 Å². The van der Waals surface area contributed by atoms with E-state index in [0.29, 0.717) is 18.1 Å². The summed E-state index contributed by atoms with van der Waals surface area (Å²) in [6.07, 6.45) is 5.56. The molecule has 4 nitrogen and oxygen atoms in total. The van der Waals surface area contributed by atoms with E-state index < -0.39 is 5.41 Å². The number of hydrogen-bond donors (Lipinski definition) is 1. The summed E-state index contributed by atoms with van der Waals surface area (Å²) in [5.74, 6) is 0.338. The molecule has 128 valence electrons. The zero-order chi connectivity index (χ0) is 16.8. The standard InChI is InChI=1S/C19H23ClN2O2/c20-15-5-3-14(4-6-15)19(8-1-9-19)17(24)22-12-10-18(13-22)7-2-11-21-16(18)23/h3-6H,1-2,7-13H2,(H,21,23). The molecule has 0 bridgehead atoms. The van der Waals surface area contributed by atoms with E-state index in [0.717, 1.165) is 50.6 Å². The zero-order valence-electron chi connectivity index (χ0n) is 13.8. The van der Waals surface area contributed by atoms with Crippen LogP contribution in [0.1, 0.15) is 44.1 Å². The average molecular weight is 347 g/mol. The molecule has 1 saturated carbocycles.